The molecule has 0 amide bonds. The average Bonchev–Trinajstić information content (AvgIpc) is 1.64. The molecular formula is C7H9N+. The normalized spacial score (nSPS) is 19.0. The summed E-state index contributed by atoms with van der Waals surface area (Å²) in [5.74, 6) is 0. The minimum Gasteiger partial charge on any atom is -0.340 e. The Morgan fingerprint density at radius 3 is 2.62 bits per heavy atom. The van der Waals surface area contributed by atoms with E-state index in [9.17, 15) is 0 Å². The van der Waals surface area contributed by atoms with Gasteiger partial charge in [-0.3, -0.25) is 0 Å². The van der Waals surface area contributed by atoms with Gasteiger partial charge in [0.25, 0.3) is 0 Å². The van der Waals surface area contributed by atoms with Gasteiger partial charge < -0.3 is 5.73 Å². The lowest BCUT2D eigenvalue weighted by molar-refractivity contribution is -0.330. The maximum Gasteiger partial charge on any atom is 0.203 e. The summed E-state index contributed by atoms with van der Waals surface area (Å²) in [6.45, 7) is 2.03. The van der Waals surface area contributed by atoms with Crippen molar-refractivity contribution in [2.45, 2.75) is 6.92 Å². The van der Waals surface area contributed by atoms with Crippen LogP contribution in [0.3, 0.4) is 0 Å². The van der Waals surface area contributed by atoms with Crippen LogP contribution in [-0.4, -0.2) is 0 Å². The number of hydrogen-bond donors (Lipinski definition) is 1. The second kappa shape index (κ2) is 1.99. The van der Waals surface area contributed by atoms with Gasteiger partial charge >= 0.3 is 0 Å². The second-order valence-electron chi connectivity index (χ2n) is 1.92. The first kappa shape index (κ1) is 5.36. The Morgan fingerprint density at radius 1 is 1.50 bits per heavy atom. The van der Waals surface area contributed by atoms with Gasteiger partial charge in [-0.15, -0.1) is 5.73 Å². The summed E-state index contributed by atoms with van der Waals surface area (Å²) in [6.07, 6.45) is 5.83. The Bertz CT molecular complexity index is 171. The van der Waals surface area contributed by atoms with E-state index in [-0.39, 0.29) is 0 Å². The van der Waals surface area contributed by atoms with Crippen molar-refractivity contribution in [2.24, 2.45) is 0 Å². The molecule has 3 N–H and O–H groups in total. The van der Waals surface area contributed by atoms with E-state index in [4.69, 9.17) is 0 Å². The molecule has 0 fully saturated rings. The molecule has 0 aromatic carbocycles. The molecule has 1 heteroatoms. The molecule has 0 saturated carbocycles. The smallest absolute Gasteiger partial charge is 0.203 e. The molecule has 0 bridgehead atoms. The van der Waals surface area contributed by atoms with E-state index < -0.39 is 0 Å². The van der Waals surface area contributed by atoms with Crippen LogP contribution in [0, 0.1) is 6.04 Å². The average molecular weight is 107 g/mol. The van der Waals surface area contributed by atoms with Crippen molar-refractivity contribution in [1.82, 2.24) is 0 Å². The van der Waals surface area contributed by atoms with Crippen molar-refractivity contribution < 1.29 is 5.73 Å². The third-order valence-electron chi connectivity index (χ3n) is 0.993. The highest BCUT2D eigenvalue weighted by Crippen LogP contribution is 2.04. The Labute approximate surface area is 49.2 Å². The molecule has 0 aromatic heterocycles. The van der Waals surface area contributed by atoms with E-state index in [1.165, 1.54) is 5.57 Å². The van der Waals surface area contributed by atoms with Gasteiger partial charge in [-0.1, -0.05) is 0 Å². The standard InChI is InChI=1S/C7H9N/c1-6-3-2-4-7(8)5-6/h3-5H,1,8H3/q+1. The zero-order valence-corrected chi connectivity index (χ0v) is 4.94. The van der Waals surface area contributed by atoms with Crippen molar-refractivity contribution in [1.29, 1.82) is 0 Å². The molecule has 0 spiro atoms. The van der Waals surface area contributed by atoms with Crippen LogP contribution in [0.2, 0.25) is 0 Å². The summed E-state index contributed by atoms with van der Waals surface area (Å²) in [7, 11) is 0. The number of rotatable bonds is 0. The molecule has 41 valence electrons. The van der Waals surface area contributed by atoms with Crippen molar-refractivity contribution >= 4 is 0 Å². The molecule has 1 aliphatic rings. The van der Waals surface area contributed by atoms with Crippen LogP contribution in [0.25, 0.3) is 0 Å². The Hall–Kier alpha value is -0.780. The molecule has 1 nitrogen and oxygen atoms in total. The summed E-state index contributed by atoms with van der Waals surface area (Å²) >= 11 is 0. The first-order chi connectivity index (χ1) is 3.79. The molecule has 1 aliphatic carbocycles. The fraction of sp³-hybridized carbons (Fsp3) is 0.143. The van der Waals surface area contributed by atoms with Gasteiger partial charge in [0.2, 0.25) is 6.04 Å². The van der Waals surface area contributed by atoms with Crippen molar-refractivity contribution in [2.75, 3.05) is 0 Å². The second-order valence-corrected chi connectivity index (χ2v) is 1.92. The van der Waals surface area contributed by atoms with Crippen LogP contribution >= 0.6 is 0 Å². The van der Waals surface area contributed by atoms with Gasteiger partial charge in [0.1, 0.15) is 0 Å². The van der Waals surface area contributed by atoms with Crippen LogP contribution < -0.4 is 5.73 Å². The van der Waals surface area contributed by atoms with Crippen LogP contribution in [0.15, 0.2) is 29.5 Å². The summed E-state index contributed by atoms with van der Waals surface area (Å²) < 4.78 is 0. The van der Waals surface area contributed by atoms with E-state index in [1.807, 2.05) is 25.2 Å². The van der Waals surface area contributed by atoms with Crippen molar-refractivity contribution in [3.8, 4) is 0 Å². The van der Waals surface area contributed by atoms with Crippen LogP contribution in [0.4, 0.5) is 0 Å². The quantitative estimate of drug-likeness (QED) is 0.435. The predicted molar refractivity (Wildman–Crippen MR) is 32.5 cm³/mol. The molecular weight excluding hydrogens is 98.1 g/mol. The third-order valence-corrected chi connectivity index (χ3v) is 0.993. The molecule has 0 saturated heterocycles. The van der Waals surface area contributed by atoms with Crippen molar-refractivity contribution in [3.63, 3.8) is 0 Å². The van der Waals surface area contributed by atoms with Gasteiger partial charge in [-0.25, -0.2) is 0 Å². The van der Waals surface area contributed by atoms with Crippen LogP contribution in [0.1, 0.15) is 6.92 Å². The predicted octanol–water partition coefficient (Wildman–Crippen LogP) is 0.431. The molecule has 8 heavy (non-hydrogen) atoms. The summed E-state index contributed by atoms with van der Waals surface area (Å²) in [4.78, 5) is 0. The zero-order chi connectivity index (χ0) is 5.98. The third kappa shape index (κ3) is 1.09. The summed E-state index contributed by atoms with van der Waals surface area (Å²) in [5.41, 5.74) is 7.94. The summed E-state index contributed by atoms with van der Waals surface area (Å²) in [6, 6.07) is 1.03. The number of allylic oxidation sites excluding steroid dienone is 1. The maximum absolute atomic E-state index is 3.75. The highest BCUT2D eigenvalue weighted by Gasteiger charge is 1.99. The molecule has 0 aliphatic heterocycles. The highest BCUT2D eigenvalue weighted by atomic mass is 14.6. The number of quaternary nitrogens is 1. The van der Waals surface area contributed by atoms with Crippen molar-refractivity contribution in [3.05, 3.63) is 35.6 Å². The zero-order valence-electron chi connectivity index (χ0n) is 4.94. The van der Waals surface area contributed by atoms with E-state index in [0.29, 0.717) is 0 Å². The molecule has 0 atom stereocenters. The monoisotopic (exact) mass is 107 g/mol. The minimum absolute atomic E-state index is 1.03. The van der Waals surface area contributed by atoms with Gasteiger partial charge in [0.05, 0.1) is 0 Å². The first-order valence-electron chi connectivity index (χ1n) is 2.59. The highest BCUT2D eigenvalue weighted by molar-refractivity contribution is 5.30. The molecule has 1 rings (SSSR count). The SMILES string of the molecule is CC1=C[C]([NH3+])C=C=C1. The molecule has 0 unspecified atom stereocenters. The molecule has 0 heterocycles. The minimum atomic E-state index is 1.03. The fourth-order valence-corrected chi connectivity index (χ4v) is 0.656. The van der Waals surface area contributed by atoms with E-state index >= 15 is 0 Å². The van der Waals surface area contributed by atoms with Gasteiger partial charge in [0.15, 0.2) is 0 Å². The molecule has 0 aromatic rings. The lowest BCUT2D eigenvalue weighted by Gasteiger charge is -1.95. The largest absolute Gasteiger partial charge is 0.340 e. The van der Waals surface area contributed by atoms with E-state index in [0.717, 1.165) is 6.04 Å². The van der Waals surface area contributed by atoms with Gasteiger partial charge in [0, 0.05) is 6.08 Å². The van der Waals surface area contributed by atoms with Crippen LogP contribution in [0.5, 0.6) is 0 Å². The Kier molecular flexibility index (Phi) is 1.34. The van der Waals surface area contributed by atoms with Gasteiger partial charge in [-0.2, -0.15) is 0 Å². The van der Waals surface area contributed by atoms with E-state index in [2.05, 4.69) is 11.5 Å². The lowest BCUT2D eigenvalue weighted by Crippen LogP contribution is -2.52. The topological polar surface area (TPSA) is 27.6 Å². The van der Waals surface area contributed by atoms with Gasteiger partial charge in [-0.05, 0) is 24.6 Å². The Morgan fingerprint density at radius 2 is 2.25 bits per heavy atom. The van der Waals surface area contributed by atoms with E-state index in [1.54, 1.807) is 0 Å². The summed E-state index contributed by atoms with van der Waals surface area (Å²) in [5, 5.41) is 0. The maximum atomic E-state index is 3.75. The van der Waals surface area contributed by atoms with Crippen LogP contribution in [-0.2, 0) is 0 Å². The first-order valence-corrected chi connectivity index (χ1v) is 2.59. The Balaban J connectivity index is 2.86. The fourth-order valence-electron chi connectivity index (χ4n) is 0.656. The molecule has 1 radical (unpaired) electrons. The number of hydrogen-bond acceptors (Lipinski definition) is 0. The lowest BCUT2D eigenvalue weighted by atomic mass is 10.1.